The van der Waals surface area contributed by atoms with Crippen LogP contribution in [0.2, 0.25) is 0 Å². The summed E-state index contributed by atoms with van der Waals surface area (Å²) in [6.45, 7) is 3.91. The van der Waals surface area contributed by atoms with Crippen LogP contribution in [0.25, 0.3) is 11.1 Å². The van der Waals surface area contributed by atoms with Crippen molar-refractivity contribution in [1.82, 2.24) is 20.1 Å². The minimum Gasteiger partial charge on any atom is -0.352 e. The van der Waals surface area contributed by atoms with Gasteiger partial charge < -0.3 is 9.84 Å². The predicted molar refractivity (Wildman–Crippen MR) is 71.2 cm³/mol. The first kappa shape index (κ1) is 11.6. The van der Waals surface area contributed by atoms with E-state index in [2.05, 4.69) is 25.4 Å². The predicted octanol–water partition coefficient (Wildman–Crippen LogP) is 2.63. The Morgan fingerprint density at radius 2 is 1.84 bits per heavy atom. The van der Waals surface area contributed by atoms with E-state index in [4.69, 9.17) is 4.52 Å². The third-order valence-corrected chi connectivity index (χ3v) is 2.82. The van der Waals surface area contributed by atoms with Gasteiger partial charge in [-0.25, -0.2) is 15.0 Å². The molecule has 0 unspecified atom stereocenters. The molecule has 0 aliphatic carbocycles. The monoisotopic (exact) mass is 255 g/mol. The second-order valence-electron chi connectivity index (χ2n) is 4.21. The van der Waals surface area contributed by atoms with Crippen molar-refractivity contribution < 1.29 is 4.52 Å². The Hall–Kier alpha value is -2.50. The van der Waals surface area contributed by atoms with Gasteiger partial charge in [-0.15, -0.1) is 0 Å². The van der Waals surface area contributed by atoms with Gasteiger partial charge in [-0.2, -0.15) is 0 Å². The van der Waals surface area contributed by atoms with Crippen molar-refractivity contribution in [2.24, 2.45) is 0 Å². The first-order valence-corrected chi connectivity index (χ1v) is 6.06. The van der Waals surface area contributed by atoms with Crippen LogP contribution in [0.1, 0.15) is 18.4 Å². The van der Waals surface area contributed by atoms with E-state index >= 15 is 0 Å². The number of aryl methyl sites for hydroxylation is 2. The molecule has 0 aliphatic heterocycles. The molecule has 0 radical (unpaired) electrons. The summed E-state index contributed by atoms with van der Waals surface area (Å²) in [5.41, 5.74) is 3.04. The fraction of sp³-hybridized carbons (Fsp3) is 0.231. The number of pyridine rings is 1. The van der Waals surface area contributed by atoms with Crippen LogP contribution in [0.3, 0.4) is 0 Å². The van der Waals surface area contributed by atoms with Crippen LogP contribution >= 0.6 is 0 Å². The zero-order valence-electron chi connectivity index (χ0n) is 10.7. The van der Waals surface area contributed by atoms with Gasteiger partial charge in [-0.3, -0.25) is 0 Å². The molecule has 3 heterocycles. The Morgan fingerprint density at radius 3 is 2.58 bits per heavy atom. The average Bonchev–Trinajstić information content (AvgIpc) is 2.81. The third kappa shape index (κ3) is 2.24. The lowest BCUT2D eigenvalue weighted by Gasteiger charge is -2.05. The molecule has 1 N–H and O–H groups in total. The molecule has 6 nitrogen and oxygen atoms in total. The number of hydrogen-bond donors (Lipinski definition) is 1. The smallest absolute Gasteiger partial charge is 0.258 e. The minimum atomic E-state index is 0.542. The maximum absolute atomic E-state index is 5.07. The van der Waals surface area contributed by atoms with E-state index in [1.807, 2.05) is 19.9 Å². The number of nitrogens with zero attached hydrogens (tertiary/aromatic N) is 4. The Morgan fingerprint density at radius 1 is 1.11 bits per heavy atom. The van der Waals surface area contributed by atoms with Crippen molar-refractivity contribution in [2.75, 3.05) is 5.32 Å². The van der Waals surface area contributed by atoms with Crippen molar-refractivity contribution in [2.45, 2.75) is 20.3 Å². The van der Waals surface area contributed by atoms with Crippen LogP contribution in [0, 0.1) is 6.92 Å². The minimum absolute atomic E-state index is 0.542. The summed E-state index contributed by atoms with van der Waals surface area (Å²) in [7, 11) is 0. The summed E-state index contributed by atoms with van der Waals surface area (Å²) >= 11 is 0. The standard InChI is InChI=1S/C13H13N5O/c1-3-12-14-6-10(7-15-12)17-9-4-11-8(2)18-19-13(11)16-5-9/h4-7,17H,3H2,1-2H3. The lowest BCUT2D eigenvalue weighted by atomic mass is 10.2. The summed E-state index contributed by atoms with van der Waals surface area (Å²) < 4.78 is 5.07. The number of aromatic nitrogens is 4. The Labute approximate surface area is 109 Å². The molecule has 3 aromatic rings. The highest BCUT2D eigenvalue weighted by Gasteiger charge is 2.06. The number of fused-ring (bicyclic) bond motifs is 1. The zero-order valence-corrected chi connectivity index (χ0v) is 10.7. The molecule has 0 aromatic carbocycles. The fourth-order valence-electron chi connectivity index (χ4n) is 1.78. The van der Waals surface area contributed by atoms with Gasteiger partial charge >= 0.3 is 0 Å². The molecule has 0 saturated heterocycles. The Kier molecular flexibility index (Phi) is 2.83. The highest BCUT2D eigenvalue weighted by molar-refractivity contribution is 5.80. The molecule has 0 saturated carbocycles. The molecule has 3 rings (SSSR count). The molecule has 3 aromatic heterocycles. The second-order valence-corrected chi connectivity index (χ2v) is 4.21. The Bertz CT molecular complexity index is 705. The van der Waals surface area contributed by atoms with Crippen molar-refractivity contribution in [3.05, 3.63) is 36.2 Å². The van der Waals surface area contributed by atoms with Gasteiger partial charge in [0.15, 0.2) is 0 Å². The molecular weight excluding hydrogens is 242 g/mol. The summed E-state index contributed by atoms with van der Waals surface area (Å²) in [5, 5.41) is 7.98. The van der Waals surface area contributed by atoms with Gasteiger partial charge in [-0.05, 0) is 13.0 Å². The fourth-order valence-corrected chi connectivity index (χ4v) is 1.78. The lowest BCUT2D eigenvalue weighted by molar-refractivity contribution is 0.443. The van der Waals surface area contributed by atoms with E-state index < -0.39 is 0 Å². The van der Waals surface area contributed by atoms with Gasteiger partial charge in [0.05, 0.1) is 41.0 Å². The highest BCUT2D eigenvalue weighted by atomic mass is 16.5. The van der Waals surface area contributed by atoms with Crippen LogP contribution in [-0.4, -0.2) is 20.1 Å². The average molecular weight is 255 g/mol. The van der Waals surface area contributed by atoms with Gasteiger partial charge in [0.25, 0.3) is 5.71 Å². The van der Waals surface area contributed by atoms with Gasteiger partial charge in [0.2, 0.25) is 0 Å². The van der Waals surface area contributed by atoms with Crippen molar-refractivity contribution in [3.63, 3.8) is 0 Å². The number of nitrogens with one attached hydrogen (secondary N) is 1. The molecule has 6 heteroatoms. The molecule has 96 valence electrons. The number of anilines is 2. The molecular formula is C13H13N5O. The molecule has 0 fully saturated rings. The van der Waals surface area contributed by atoms with Crippen molar-refractivity contribution >= 4 is 22.5 Å². The van der Waals surface area contributed by atoms with E-state index in [-0.39, 0.29) is 0 Å². The lowest BCUT2D eigenvalue weighted by Crippen LogP contribution is -1.96. The van der Waals surface area contributed by atoms with Gasteiger partial charge in [-0.1, -0.05) is 12.1 Å². The largest absolute Gasteiger partial charge is 0.352 e. The van der Waals surface area contributed by atoms with E-state index in [9.17, 15) is 0 Å². The van der Waals surface area contributed by atoms with E-state index in [0.717, 1.165) is 34.7 Å². The molecule has 0 aliphatic rings. The van der Waals surface area contributed by atoms with Crippen LogP contribution in [0.15, 0.2) is 29.2 Å². The number of rotatable bonds is 3. The van der Waals surface area contributed by atoms with Crippen molar-refractivity contribution in [3.8, 4) is 0 Å². The molecule has 0 bridgehead atoms. The molecule has 0 amide bonds. The summed E-state index contributed by atoms with van der Waals surface area (Å²) in [4.78, 5) is 12.7. The highest BCUT2D eigenvalue weighted by Crippen LogP contribution is 2.21. The number of hydrogen-bond acceptors (Lipinski definition) is 6. The topological polar surface area (TPSA) is 76.7 Å². The zero-order chi connectivity index (χ0) is 13.2. The van der Waals surface area contributed by atoms with Crippen LogP contribution in [0.4, 0.5) is 11.4 Å². The molecule has 0 spiro atoms. The van der Waals surface area contributed by atoms with Crippen LogP contribution < -0.4 is 5.32 Å². The molecule has 19 heavy (non-hydrogen) atoms. The first-order chi connectivity index (χ1) is 9.26. The Balaban J connectivity index is 1.89. The van der Waals surface area contributed by atoms with Gasteiger partial charge in [0.1, 0.15) is 5.82 Å². The SMILES string of the molecule is CCc1ncc(Nc2cnc3onc(C)c3c2)cn1. The van der Waals surface area contributed by atoms with Gasteiger partial charge in [0, 0.05) is 6.42 Å². The van der Waals surface area contributed by atoms with Crippen LogP contribution in [-0.2, 0) is 6.42 Å². The molecule has 0 atom stereocenters. The normalized spacial score (nSPS) is 10.8. The third-order valence-electron chi connectivity index (χ3n) is 2.82. The maximum atomic E-state index is 5.07. The summed E-state index contributed by atoms with van der Waals surface area (Å²) in [6.07, 6.45) is 6.04. The van der Waals surface area contributed by atoms with Crippen LogP contribution in [0.5, 0.6) is 0 Å². The second kappa shape index (κ2) is 4.64. The van der Waals surface area contributed by atoms with E-state index in [1.165, 1.54) is 0 Å². The maximum Gasteiger partial charge on any atom is 0.258 e. The first-order valence-electron chi connectivity index (χ1n) is 6.06. The summed E-state index contributed by atoms with van der Waals surface area (Å²) in [6, 6.07) is 1.95. The quantitative estimate of drug-likeness (QED) is 0.775. The van der Waals surface area contributed by atoms with E-state index in [1.54, 1.807) is 18.6 Å². The van der Waals surface area contributed by atoms with E-state index in [0.29, 0.717) is 5.71 Å². The summed E-state index contributed by atoms with van der Waals surface area (Å²) in [5.74, 6) is 0.828. The van der Waals surface area contributed by atoms with Crippen molar-refractivity contribution in [1.29, 1.82) is 0 Å².